The average Bonchev–Trinajstić information content (AvgIpc) is 2.39. The lowest BCUT2D eigenvalue weighted by Gasteiger charge is -2.34. The zero-order valence-corrected chi connectivity index (χ0v) is 11.6. The molecule has 0 bridgehead atoms. The van der Waals surface area contributed by atoms with Crippen molar-refractivity contribution in [1.29, 1.82) is 0 Å². The molecule has 0 radical (unpaired) electrons. The van der Waals surface area contributed by atoms with Gasteiger partial charge in [-0.05, 0) is 48.8 Å². The topological polar surface area (TPSA) is 23.5 Å². The number of aliphatic hydroxyl groups excluding tert-OH is 1. The van der Waals surface area contributed by atoms with Crippen molar-refractivity contribution in [3.63, 3.8) is 0 Å². The maximum Gasteiger partial charge on any atom is 0.0434 e. The van der Waals surface area contributed by atoms with Crippen molar-refractivity contribution < 1.29 is 5.11 Å². The number of hydrogen-bond donors (Lipinski definition) is 1. The van der Waals surface area contributed by atoms with Gasteiger partial charge in [0.25, 0.3) is 0 Å². The van der Waals surface area contributed by atoms with Crippen molar-refractivity contribution >= 4 is 5.69 Å². The minimum absolute atomic E-state index is 0.324. The molecule has 0 aliphatic carbocycles. The second-order valence-corrected chi connectivity index (χ2v) is 5.71. The Bertz CT molecular complexity index is 356. The molecule has 1 aliphatic heterocycles. The van der Waals surface area contributed by atoms with E-state index < -0.39 is 0 Å². The zero-order chi connectivity index (χ0) is 13.0. The average molecular weight is 247 g/mol. The Morgan fingerprint density at radius 1 is 1.28 bits per heavy atom. The van der Waals surface area contributed by atoms with Gasteiger partial charge in [-0.25, -0.2) is 0 Å². The molecule has 100 valence electrons. The Balaban J connectivity index is 2.02. The summed E-state index contributed by atoms with van der Waals surface area (Å²) in [6, 6.07) is 8.98. The first-order chi connectivity index (χ1) is 8.70. The summed E-state index contributed by atoms with van der Waals surface area (Å²) in [5.74, 6) is 1.26. The zero-order valence-electron chi connectivity index (χ0n) is 11.6. The van der Waals surface area contributed by atoms with E-state index >= 15 is 0 Å². The minimum Gasteiger partial charge on any atom is -0.396 e. The predicted octanol–water partition coefficient (Wildman–Crippen LogP) is 3.41. The van der Waals surface area contributed by atoms with Crippen LogP contribution in [0, 0.1) is 5.92 Å². The molecule has 18 heavy (non-hydrogen) atoms. The highest BCUT2D eigenvalue weighted by atomic mass is 16.3. The molecule has 2 heteroatoms. The van der Waals surface area contributed by atoms with Gasteiger partial charge in [0.1, 0.15) is 0 Å². The number of piperidine rings is 1. The first-order valence-electron chi connectivity index (χ1n) is 7.16. The fourth-order valence-electron chi connectivity index (χ4n) is 2.79. The lowest BCUT2D eigenvalue weighted by molar-refractivity contribution is 0.244. The number of nitrogens with zero attached hydrogens (tertiary/aromatic N) is 1. The molecular formula is C16H25NO. The molecule has 0 spiro atoms. The van der Waals surface area contributed by atoms with E-state index in [9.17, 15) is 0 Å². The third kappa shape index (κ3) is 3.26. The van der Waals surface area contributed by atoms with Gasteiger partial charge >= 0.3 is 0 Å². The van der Waals surface area contributed by atoms with E-state index in [4.69, 9.17) is 5.11 Å². The molecule has 2 rings (SSSR count). The number of benzene rings is 1. The smallest absolute Gasteiger partial charge is 0.0434 e. The molecule has 1 aromatic rings. The molecule has 1 heterocycles. The molecule has 1 aromatic carbocycles. The fourth-order valence-corrected chi connectivity index (χ4v) is 2.79. The quantitative estimate of drug-likeness (QED) is 0.881. The molecule has 1 fully saturated rings. The van der Waals surface area contributed by atoms with E-state index in [0.717, 1.165) is 19.5 Å². The third-order valence-electron chi connectivity index (χ3n) is 3.98. The monoisotopic (exact) mass is 247 g/mol. The van der Waals surface area contributed by atoms with Crippen molar-refractivity contribution in [1.82, 2.24) is 0 Å². The summed E-state index contributed by atoms with van der Waals surface area (Å²) in [6.45, 7) is 7.04. The van der Waals surface area contributed by atoms with E-state index in [1.807, 2.05) is 0 Å². The maximum atomic E-state index is 9.05. The molecule has 1 atom stereocenters. The predicted molar refractivity (Wildman–Crippen MR) is 77.2 cm³/mol. The van der Waals surface area contributed by atoms with E-state index in [-0.39, 0.29) is 0 Å². The summed E-state index contributed by atoms with van der Waals surface area (Å²) in [5.41, 5.74) is 2.74. The molecular weight excluding hydrogens is 222 g/mol. The van der Waals surface area contributed by atoms with Crippen molar-refractivity contribution in [2.45, 2.75) is 39.0 Å². The number of hydrogen-bond acceptors (Lipinski definition) is 2. The van der Waals surface area contributed by atoms with Crippen molar-refractivity contribution in [2.75, 3.05) is 24.6 Å². The Hall–Kier alpha value is -1.02. The van der Waals surface area contributed by atoms with Crippen LogP contribution in [-0.2, 0) is 0 Å². The van der Waals surface area contributed by atoms with Crippen LogP contribution < -0.4 is 4.90 Å². The molecule has 0 aromatic heterocycles. The standard InChI is InChI=1S/C16H25NO/c1-13(2)15-5-7-16(8-6-15)17-10-3-4-14(12-17)9-11-18/h5-8,13-14,18H,3-4,9-12H2,1-2H3. The molecule has 0 amide bonds. The van der Waals surface area contributed by atoms with Gasteiger partial charge in [0.05, 0.1) is 0 Å². The summed E-state index contributed by atoms with van der Waals surface area (Å²) < 4.78 is 0. The van der Waals surface area contributed by atoms with Gasteiger partial charge in [0.2, 0.25) is 0 Å². The maximum absolute atomic E-state index is 9.05. The van der Waals surface area contributed by atoms with Gasteiger partial charge < -0.3 is 10.0 Å². The second kappa shape index (κ2) is 6.24. The molecule has 0 saturated carbocycles. The van der Waals surface area contributed by atoms with Crippen LogP contribution >= 0.6 is 0 Å². The van der Waals surface area contributed by atoms with Gasteiger partial charge in [-0.3, -0.25) is 0 Å². The number of anilines is 1. The lowest BCUT2D eigenvalue weighted by Crippen LogP contribution is -2.35. The van der Waals surface area contributed by atoms with Crippen LogP contribution in [0.3, 0.4) is 0 Å². The molecule has 1 unspecified atom stereocenters. The van der Waals surface area contributed by atoms with Crippen molar-refractivity contribution in [3.05, 3.63) is 29.8 Å². The van der Waals surface area contributed by atoms with Gasteiger partial charge in [-0.15, -0.1) is 0 Å². The summed E-state index contributed by atoms with van der Waals surface area (Å²) >= 11 is 0. The van der Waals surface area contributed by atoms with Crippen LogP contribution in [0.4, 0.5) is 5.69 Å². The fraction of sp³-hybridized carbons (Fsp3) is 0.625. The van der Waals surface area contributed by atoms with Gasteiger partial charge in [0, 0.05) is 25.4 Å². The molecule has 1 N–H and O–H groups in total. The Kier molecular flexibility index (Phi) is 4.65. The van der Waals surface area contributed by atoms with Crippen LogP contribution in [0.15, 0.2) is 24.3 Å². The number of rotatable bonds is 4. The Morgan fingerprint density at radius 2 is 2.00 bits per heavy atom. The van der Waals surface area contributed by atoms with E-state index in [0.29, 0.717) is 18.4 Å². The van der Waals surface area contributed by atoms with Crippen LogP contribution in [0.25, 0.3) is 0 Å². The SMILES string of the molecule is CC(C)c1ccc(N2CCCC(CCO)C2)cc1. The highest BCUT2D eigenvalue weighted by Gasteiger charge is 2.19. The summed E-state index contributed by atoms with van der Waals surface area (Å²) in [4.78, 5) is 2.47. The second-order valence-electron chi connectivity index (χ2n) is 5.71. The Labute approximate surface area is 111 Å². The normalized spacial score (nSPS) is 20.4. The minimum atomic E-state index is 0.324. The highest BCUT2D eigenvalue weighted by Crippen LogP contribution is 2.26. The van der Waals surface area contributed by atoms with Gasteiger partial charge in [-0.1, -0.05) is 26.0 Å². The first-order valence-corrected chi connectivity index (χ1v) is 7.16. The summed E-state index contributed by atoms with van der Waals surface area (Å²) in [7, 11) is 0. The molecule has 1 saturated heterocycles. The van der Waals surface area contributed by atoms with E-state index in [1.165, 1.54) is 24.1 Å². The molecule has 2 nitrogen and oxygen atoms in total. The van der Waals surface area contributed by atoms with Crippen molar-refractivity contribution in [2.24, 2.45) is 5.92 Å². The Morgan fingerprint density at radius 3 is 2.61 bits per heavy atom. The van der Waals surface area contributed by atoms with Crippen LogP contribution in [0.5, 0.6) is 0 Å². The number of aliphatic hydroxyl groups is 1. The van der Waals surface area contributed by atoms with Gasteiger partial charge in [-0.2, -0.15) is 0 Å². The van der Waals surface area contributed by atoms with Crippen LogP contribution in [0.2, 0.25) is 0 Å². The largest absolute Gasteiger partial charge is 0.396 e. The summed E-state index contributed by atoms with van der Waals surface area (Å²) in [5, 5.41) is 9.05. The lowest BCUT2D eigenvalue weighted by atomic mass is 9.94. The van der Waals surface area contributed by atoms with E-state index in [1.54, 1.807) is 0 Å². The van der Waals surface area contributed by atoms with Gasteiger partial charge in [0.15, 0.2) is 0 Å². The third-order valence-corrected chi connectivity index (χ3v) is 3.98. The van der Waals surface area contributed by atoms with Crippen LogP contribution in [-0.4, -0.2) is 24.8 Å². The van der Waals surface area contributed by atoms with E-state index in [2.05, 4.69) is 43.0 Å². The highest BCUT2D eigenvalue weighted by molar-refractivity contribution is 5.48. The van der Waals surface area contributed by atoms with Crippen LogP contribution in [0.1, 0.15) is 44.6 Å². The summed E-state index contributed by atoms with van der Waals surface area (Å²) in [6.07, 6.45) is 3.46. The molecule has 1 aliphatic rings. The first kappa shape index (κ1) is 13.4. The van der Waals surface area contributed by atoms with Crippen molar-refractivity contribution in [3.8, 4) is 0 Å².